The molecule has 2 heterocycles. The van der Waals surface area contributed by atoms with Crippen LogP contribution in [0.15, 0.2) is 0 Å². The van der Waals surface area contributed by atoms with E-state index in [1.165, 1.54) is 6.42 Å². The van der Waals surface area contributed by atoms with Gasteiger partial charge in [-0.15, -0.1) is 24.8 Å². The predicted octanol–water partition coefficient (Wildman–Crippen LogP) is 1.81. The zero-order chi connectivity index (χ0) is 14.7. The third-order valence-electron chi connectivity index (χ3n) is 5.48. The molecular weight excluding hydrogens is 337 g/mol. The Labute approximate surface area is 152 Å². The summed E-state index contributed by atoms with van der Waals surface area (Å²) in [4.78, 5) is 17.3. The number of carbonyl (C=O) groups excluding carboxylic acids is 1. The maximum absolute atomic E-state index is 12.7. The van der Waals surface area contributed by atoms with E-state index in [9.17, 15) is 4.79 Å². The number of hydrogen-bond acceptors (Lipinski definition) is 4. The molecule has 0 aromatic carbocycles. The monoisotopic (exact) mass is 367 g/mol. The fourth-order valence-electron chi connectivity index (χ4n) is 4.05. The molecule has 1 aliphatic carbocycles. The maximum atomic E-state index is 12.7. The standard InChI is InChI=1S/C16H29N3O2.2ClH/c17-16(6-2-1-3-7-16)15(20)19-10-8-18(9-11-19)14-4-12-21-13-5-14;;/h14H,1-13,17H2;2*1H. The number of piperazine rings is 1. The van der Waals surface area contributed by atoms with Gasteiger partial charge in [-0.25, -0.2) is 0 Å². The van der Waals surface area contributed by atoms with Crippen molar-refractivity contribution in [1.29, 1.82) is 0 Å². The molecule has 0 radical (unpaired) electrons. The van der Waals surface area contributed by atoms with Crippen molar-refractivity contribution in [2.45, 2.75) is 56.5 Å². The third kappa shape index (κ3) is 4.95. The lowest BCUT2D eigenvalue weighted by Crippen LogP contribution is -2.61. The van der Waals surface area contributed by atoms with Crippen LogP contribution < -0.4 is 5.73 Å². The van der Waals surface area contributed by atoms with Gasteiger partial charge in [0.15, 0.2) is 0 Å². The van der Waals surface area contributed by atoms with Gasteiger partial charge in [-0.3, -0.25) is 9.69 Å². The van der Waals surface area contributed by atoms with Crippen molar-refractivity contribution in [1.82, 2.24) is 9.80 Å². The van der Waals surface area contributed by atoms with E-state index >= 15 is 0 Å². The second-order valence-electron chi connectivity index (χ2n) is 6.89. The molecule has 2 aliphatic heterocycles. The molecule has 3 aliphatic rings. The van der Waals surface area contributed by atoms with Crippen molar-refractivity contribution in [3.05, 3.63) is 0 Å². The van der Waals surface area contributed by atoms with Crippen molar-refractivity contribution in [3.8, 4) is 0 Å². The lowest BCUT2D eigenvalue weighted by molar-refractivity contribution is -0.140. The van der Waals surface area contributed by atoms with Crippen LogP contribution >= 0.6 is 24.8 Å². The first-order chi connectivity index (χ1) is 10.2. The molecular formula is C16H31Cl2N3O2. The average molecular weight is 368 g/mol. The fourth-order valence-corrected chi connectivity index (χ4v) is 4.05. The Bertz CT molecular complexity index is 364. The van der Waals surface area contributed by atoms with Crippen LogP contribution in [0.4, 0.5) is 0 Å². The van der Waals surface area contributed by atoms with Gasteiger partial charge in [0, 0.05) is 45.4 Å². The van der Waals surface area contributed by atoms with Gasteiger partial charge in [-0.05, 0) is 25.7 Å². The van der Waals surface area contributed by atoms with E-state index in [0.717, 1.165) is 77.9 Å². The Morgan fingerprint density at radius 2 is 1.52 bits per heavy atom. The lowest BCUT2D eigenvalue weighted by atomic mass is 9.81. The predicted molar refractivity (Wildman–Crippen MR) is 96.5 cm³/mol. The molecule has 3 fully saturated rings. The van der Waals surface area contributed by atoms with Crippen LogP contribution in [-0.2, 0) is 9.53 Å². The van der Waals surface area contributed by atoms with E-state index in [-0.39, 0.29) is 30.7 Å². The Hall–Kier alpha value is -0.0700. The van der Waals surface area contributed by atoms with E-state index in [1.807, 2.05) is 4.90 Å². The molecule has 2 saturated heterocycles. The highest BCUT2D eigenvalue weighted by Gasteiger charge is 2.39. The minimum absolute atomic E-state index is 0. The smallest absolute Gasteiger partial charge is 0.242 e. The molecule has 0 unspecified atom stereocenters. The zero-order valence-corrected chi connectivity index (χ0v) is 15.5. The first kappa shape index (κ1) is 21.0. The Kier molecular flexibility index (Phi) is 8.59. The summed E-state index contributed by atoms with van der Waals surface area (Å²) >= 11 is 0. The van der Waals surface area contributed by atoms with Crippen LogP contribution in [0.25, 0.3) is 0 Å². The van der Waals surface area contributed by atoms with Crippen LogP contribution in [0.3, 0.4) is 0 Å². The normalized spacial score (nSPS) is 26.0. The van der Waals surface area contributed by atoms with Gasteiger partial charge in [-0.2, -0.15) is 0 Å². The maximum Gasteiger partial charge on any atom is 0.242 e. The zero-order valence-electron chi connectivity index (χ0n) is 13.9. The summed E-state index contributed by atoms with van der Waals surface area (Å²) in [6.45, 7) is 5.44. The molecule has 0 spiro atoms. The number of carbonyl (C=O) groups is 1. The summed E-state index contributed by atoms with van der Waals surface area (Å²) in [6.07, 6.45) is 7.43. The minimum Gasteiger partial charge on any atom is -0.381 e. The van der Waals surface area contributed by atoms with Gasteiger partial charge in [0.2, 0.25) is 5.91 Å². The van der Waals surface area contributed by atoms with Gasteiger partial charge in [0.1, 0.15) is 0 Å². The molecule has 0 aromatic rings. The van der Waals surface area contributed by atoms with E-state index in [1.54, 1.807) is 0 Å². The van der Waals surface area contributed by atoms with Gasteiger partial charge >= 0.3 is 0 Å². The molecule has 0 aromatic heterocycles. The summed E-state index contributed by atoms with van der Waals surface area (Å²) in [5.74, 6) is 0.203. The van der Waals surface area contributed by atoms with Gasteiger partial charge in [0.25, 0.3) is 0 Å². The number of amides is 1. The first-order valence-corrected chi connectivity index (χ1v) is 8.59. The van der Waals surface area contributed by atoms with Gasteiger partial charge < -0.3 is 15.4 Å². The summed E-state index contributed by atoms with van der Waals surface area (Å²) < 4.78 is 5.43. The average Bonchev–Trinajstić information content (AvgIpc) is 2.56. The summed E-state index contributed by atoms with van der Waals surface area (Å²) in [7, 11) is 0. The molecule has 3 rings (SSSR count). The molecule has 1 amide bonds. The van der Waals surface area contributed by atoms with E-state index in [4.69, 9.17) is 10.5 Å². The molecule has 0 bridgehead atoms. The highest BCUT2D eigenvalue weighted by molar-refractivity contribution is 5.86. The van der Waals surface area contributed by atoms with Crippen LogP contribution in [0.1, 0.15) is 44.9 Å². The number of ether oxygens (including phenoxy) is 1. The Morgan fingerprint density at radius 3 is 2.09 bits per heavy atom. The number of nitrogens with two attached hydrogens (primary N) is 1. The van der Waals surface area contributed by atoms with Crippen molar-refractivity contribution in [2.24, 2.45) is 5.73 Å². The Balaban J connectivity index is 0.00000132. The Morgan fingerprint density at radius 1 is 0.957 bits per heavy atom. The molecule has 5 nitrogen and oxygen atoms in total. The van der Waals surface area contributed by atoms with Crippen molar-refractivity contribution < 1.29 is 9.53 Å². The summed E-state index contributed by atoms with van der Waals surface area (Å²) in [5.41, 5.74) is 5.82. The third-order valence-corrected chi connectivity index (χ3v) is 5.48. The largest absolute Gasteiger partial charge is 0.381 e. The van der Waals surface area contributed by atoms with Crippen LogP contribution in [0.2, 0.25) is 0 Å². The highest BCUT2D eigenvalue weighted by Crippen LogP contribution is 2.28. The van der Waals surface area contributed by atoms with Crippen LogP contribution in [0, 0.1) is 0 Å². The molecule has 0 atom stereocenters. The lowest BCUT2D eigenvalue weighted by Gasteiger charge is -2.43. The SMILES string of the molecule is Cl.Cl.NC1(C(=O)N2CCN(C3CCOCC3)CC2)CCCCC1. The quantitative estimate of drug-likeness (QED) is 0.808. The van der Waals surface area contributed by atoms with E-state index in [0.29, 0.717) is 6.04 Å². The molecule has 7 heteroatoms. The molecule has 136 valence electrons. The number of halogens is 2. The van der Waals surface area contributed by atoms with Gasteiger partial charge in [0.05, 0.1) is 5.54 Å². The van der Waals surface area contributed by atoms with E-state index < -0.39 is 5.54 Å². The highest BCUT2D eigenvalue weighted by atomic mass is 35.5. The van der Waals surface area contributed by atoms with Crippen molar-refractivity contribution >= 4 is 30.7 Å². The minimum atomic E-state index is -0.570. The molecule has 23 heavy (non-hydrogen) atoms. The van der Waals surface area contributed by atoms with Crippen molar-refractivity contribution in [2.75, 3.05) is 39.4 Å². The second-order valence-corrected chi connectivity index (χ2v) is 6.89. The second kappa shape index (κ2) is 9.42. The molecule has 1 saturated carbocycles. The summed E-state index contributed by atoms with van der Waals surface area (Å²) in [5, 5.41) is 0. The van der Waals surface area contributed by atoms with E-state index in [2.05, 4.69) is 4.90 Å². The number of rotatable bonds is 2. The number of hydrogen-bond donors (Lipinski definition) is 1. The van der Waals surface area contributed by atoms with Crippen LogP contribution in [-0.4, -0.2) is 66.7 Å². The van der Waals surface area contributed by atoms with Gasteiger partial charge in [-0.1, -0.05) is 19.3 Å². The first-order valence-electron chi connectivity index (χ1n) is 8.59. The van der Waals surface area contributed by atoms with Crippen LogP contribution in [0.5, 0.6) is 0 Å². The topological polar surface area (TPSA) is 58.8 Å². The summed E-state index contributed by atoms with van der Waals surface area (Å²) in [6, 6.07) is 0.650. The number of nitrogens with zero attached hydrogens (tertiary/aromatic N) is 2. The van der Waals surface area contributed by atoms with Crippen molar-refractivity contribution in [3.63, 3.8) is 0 Å². The molecule has 2 N–H and O–H groups in total. The fraction of sp³-hybridized carbons (Fsp3) is 0.938.